The third-order valence-corrected chi connectivity index (χ3v) is 4.58. The second-order valence-electron chi connectivity index (χ2n) is 7.00. The number of ether oxygens (including phenoxy) is 1. The zero-order valence-electron chi connectivity index (χ0n) is 16.4. The van der Waals surface area contributed by atoms with Crippen LogP contribution in [0.2, 0.25) is 0 Å². The van der Waals surface area contributed by atoms with Crippen molar-refractivity contribution in [2.24, 2.45) is 0 Å². The molecule has 0 unspecified atom stereocenters. The molecule has 27 heavy (non-hydrogen) atoms. The molecule has 0 amide bonds. The van der Waals surface area contributed by atoms with E-state index < -0.39 is 0 Å². The van der Waals surface area contributed by atoms with Gasteiger partial charge in [-0.3, -0.25) is 4.90 Å². The van der Waals surface area contributed by atoms with Crippen LogP contribution in [0.25, 0.3) is 11.0 Å². The van der Waals surface area contributed by atoms with Gasteiger partial charge in [0.25, 0.3) is 0 Å². The van der Waals surface area contributed by atoms with Gasteiger partial charge in [-0.1, -0.05) is 24.3 Å². The van der Waals surface area contributed by atoms with Crippen LogP contribution in [0.4, 0.5) is 0 Å². The third kappa shape index (κ3) is 4.67. The number of hydrogen-bond donors (Lipinski definition) is 1. The molecule has 1 aromatic heterocycles. The quantitative estimate of drug-likeness (QED) is 0.621. The van der Waals surface area contributed by atoms with Crippen LogP contribution >= 0.6 is 0 Å². The summed E-state index contributed by atoms with van der Waals surface area (Å²) in [6.07, 6.45) is 0. The van der Waals surface area contributed by atoms with Gasteiger partial charge in [-0.2, -0.15) is 0 Å². The average Bonchev–Trinajstić information content (AvgIpc) is 3.00. The van der Waals surface area contributed by atoms with Gasteiger partial charge in [0.1, 0.15) is 11.6 Å². The summed E-state index contributed by atoms with van der Waals surface area (Å²) >= 11 is 0. The van der Waals surface area contributed by atoms with Crippen LogP contribution in [-0.2, 0) is 13.1 Å². The predicted molar refractivity (Wildman–Crippen MR) is 109 cm³/mol. The van der Waals surface area contributed by atoms with Crippen molar-refractivity contribution < 1.29 is 9.84 Å². The number of aliphatic hydroxyl groups is 1. The zero-order valence-corrected chi connectivity index (χ0v) is 16.4. The molecule has 5 heteroatoms. The molecule has 0 saturated carbocycles. The van der Waals surface area contributed by atoms with Crippen molar-refractivity contribution in [3.63, 3.8) is 0 Å². The Kier molecular flexibility index (Phi) is 6.48. The average molecular weight is 367 g/mol. The van der Waals surface area contributed by atoms with Crippen LogP contribution < -0.4 is 4.74 Å². The van der Waals surface area contributed by atoms with Gasteiger partial charge >= 0.3 is 0 Å². The van der Waals surface area contributed by atoms with Crippen molar-refractivity contribution in [3.05, 3.63) is 59.9 Å². The van der Waals surface area contributed by atoms with Gasteiger partial charge in [0.15, 0.2) is 0 Å². The van der Waals surface area contributed by atoms with E-state index >= 15 is 0 Å². The van der Waals surface area contributed by atoms with E-state index in [4.69, 9.17) is 9.72 Å². The summed E-state index contributed by atoms with van der Waals surface area (Å²) in [5.41, 5.74) is 3.34. The highest BCUT2D eigenvalue weighted by Crippen LogP contribution is 2.23. The number of aliphatic hydroxyl groups excluding tert-OH is 1. The van der Waals surface area contributed by atoms with E-state index in [1.807, 2.05) is 25.1 Å². The summed E-state index contributed by atoms with van der Waals surface area (Å²) in [5, 5.41) is 9.56. The lowest BCUT2D eigenvalue weighted by Crippen LogP contribution is -2.28. The van der Waals surface area contributed by atoms with Crippen molar-refractivity contribution in [1.82, 2.24) is 14.5 Å². The molecule has 3 aromatic rings. The molecule has 144 valence electrons. The molecule has 1 heterocycles. The van der Waals surface area contributed by atoms with E-state index in [1.54, 1.807) is 0 Å². The normalized spacial score (nSPS) is 11.6. The highest BCUT2D eigenvalue weighted by Gasteiger charge is 2.16. The van der Waals surface area contributed by atoms with E-state index in [-0.39, 0.29) is 6.61 Å². The highest BCUT2D eigenvalue weighted by molar-refractivity contribution is 5.76. The van der Waals surface area contributed by atoms with Gasteiger partial charge in [-0.25, -0.2) is 4.98 Å². The minimum absolute atomic E-state index is 0.118. The van der Waals surface area contributed by atoms with E-state index in [0.717, 1.165) is 29.2 Å². The molecule has 0 spiro atoms. The first-order valence-corrected chi connectivity index (χ1v) is 9.63. The molecule has 0 radical (unpaired) electrons. The fraction of sp³-hybridized carbons (Fsp3) is 0.409. The fourth-order valence-corrected chi connectivity index (χ4v) is 3.50. The number of imidazole rings is 1. The molecule has 0 aliphatic heterocycles. The molecule has 2 aromatic carbocycles. The summed E-state index contributed by atoms with van der Waals surface area (Å²) in [6, 6.07) is 16.7. The van der Waals surface area contributed by atoms with Crippen LogP contribution in [0.3, 0.4) is 0 Å². The molecule has 0 atom stereocenters. The second kappa shape index (κ2) is 9.02. The number of rotatable bonds is 9. The van der Waals surface area contributed by atoms with Crippen LogP contribution in [0.15, 0.2) is 48.5 Å². The van der Waals surface area contributed by atoms with Crippen molar-refractivity contribution in [2.75, 3.05) is 19.8 Å². The number of hydrogen-bond acceptors (Lipinski definition) is 4. The molecule has 0 bridgehead atoms. The lowest BCUT2D eigenvalue weighted by molar-refractivity contribution is 0.179. The Balaban J connectivity index is 1.85. The number of benzene rings is 2. The molecular weight excluding hydrogens is 338 g/mol. The Morgan fingerprint density at radius 1 is 1.11 bits per heavy atom. The monoisotopic (exact) mass is 367 g/mol. The molecule has 1 N–H and O–H groups in total. The van der Waals surface area contributed by atoms with E-state index in [9.17, 15) is 5.11 Å². The topological polar surface area (TPSA) is 50.5 Å². The number of nitrogens with zero attached hydrogens (tertiary/aromatic N) is 3. The van der Waals surface area contributed by atoms with Crippen molar-refractivity contribution in [2.45, 2.75) is 39.9 Å². The Morgan fingerprint density at radius 3 is 2.67 bits per heavy atom. The van der Waals surface area contributed by atoms with E-state index in [2.05, 4.69) is 53.6 Å². The van der Waals surface area contributed by atoms with Crippen LogP contribution in [-0.4, -0.2) is 39.3 Å². The Hall–Kier alpha value is -2.37. The van der Waals surface area contributed by atoms with Crippen LogP contribution in [0, 0.1) is 0 Å². The van der Waals surface area contributed by atoms with Gasteiger partial charge in [-0.05, 0) is 50.6 Å². The van der Waals surface area contributed by atoms with Gasteiger partial charge in [0, 0.05) is 19.1 Å². The minimum Gasteiger partial charge on any atom is -0.494 e. The summed E-state index contributed by atoms with van der Waals surface area (Å²) in [6.45, 7) is 9.14. The molecule has 0 saturated heterocycles. The van der Waals surface area contributed by atoms with Gasteiger partial charge in [0.2, 0.25) is 0 Å². The Labute approximate surface area is 161 Å². The maximum absolute atomic E-state index is 9.56. The maximum Gasteiger partial charge on any atom is 0.124 e. The SMILES string of the molecule is CCOc1cccc(CN(CCO)Cc2nc3ccccc3n2C(C)C)c1. The molecular formula is C22H29N3O2. The van der Waals surface area contributed by atoms with Crippen LogP contribution in [0.5, 0.6) is 5.75 Å². The Morgan fingerprint density at radius 2 is 1.93 bits per heavy atom. The molecule has 5 nitrogen and oxygen atoms in total. The van der Waals surface area contributed by atoms with E-state index in [0.29, 0.717) is 25.7 Å². The van der Waals surface area contributed by atoms with E-state index in [1.165, 1.54) is 5.56 Å². The highest BCUT2D eigenvalue weighted by atomic mass is 16.5. The lowest BCUT2D eigenvalue weighted by atomic mass is 10.2. The first-order chi connectivity index (χ1) is 13.1. The minimum atomic E-state index is 0.118. The first kappa shape index (κ1) is 19.4. The van der Waals surface area contributed by atoms with Crippen LogP contribution in [0.1, 0.15) is 38.2 Å². The molecule has 0 aliphatic carbocycles. The first-order valence-electron chi connectivity index (χ1n) is 9.63. The summed E-state index contributed by atoms with van der Waals surface area (Å²) < 4.78 is 7.90. The van der Waals surface area contributed by atoms with Gasteiger partial charge < -0.3 is 14.4 Å². The predicted octanol–water partition coefficient (Wildman–Crippen LogP) is 4.01. The smallest absolute Gasteiger partial charge is 0.124 e. The standard InChI is InChI=1S/C22H29N3O2/c1-4-27-19-9-7-8-18(14-19)15-24(12-13-26)16-22-23-20-10-5-6-11-21(20)25(22)17(2)3/h5-11,14,17,26H,4,12-13,15-16H2,1-3H3. The lowest BCUT2D eigenvalue weighted by Gasteiger charge is -2.23. The maximum atomic E-state index is 9.56. The van der Waals surface area contributed by atoms with Crippen molar-refractivity contribution in [3.8, 4) is 5.75 Å². The number of fused-ring (bicyclic) bond motifs is 1. The van der Waals surface area contributed by atoms with Gasteiger partial charge in [-0.15, -0.1) is 0 Å². The molecule has 3 rings (SSSR count). The largest absolute Gasteiger partial charge is 0.494 e. The second-order valence-corrected chi connectivity index (χ2v) is 7.00. The fourth-order valence-electron chi connectivity index (χ4n) is 3.50. The number of para-hydroxylation sites is 2. The molecule has 0 fully saturated rings. The zero-order chi connectivity index (χ0) is 19.2. The third-order valence-electron chi connectivity index (χ3n) is 4.58. The molecule has 0 aliphatic rings. The van der Waals surface area contributed by atoms with Crippen molar-refractivity contribution in [1.29, 1.82) is 0 Å². The van der Waals surface area contributed by atoms with Gasteiger partial charge in [0.05, 0.1) is 30.8 Å². The van der Waals surface area contributed by atoms with Crippen molar-refractivity contribution >= 4 is 11.0 Å². The number of aromatic nitrogens is 2. The Bertz CT molecular complexity index is 873. The summed E-state index contributed by atoms with van der Waals surface area (Å²) in [5.74, 6) is 1.91. The summed E-state index contributed by atoms with van der Waals surface area (Å²) in [4.78, 5) is 7.09. The summed E-state index contributed by atoms with van der Waals surface area (Å²) in [7, 11) is 0.